The van der Waals surface area contributed by atoms with Crippen molar-refractivity contribution in [1.82, 2.24) is 20.6 Å². The molecule has 0 aliphatic carbocycles. The number of hydrazine groups is 1. The van der Waals surface area contributed by atoms with Gasteiger partial charge >= 0.3 is 0 Å². The molecule has 0 bridgehead atoms. The highest BCUT2D eigenvalue weighted by Crippen LogP contribution is 2.31. The summed E-state index contributed by atoms with van der Waals surface area (Å²) >= 11 is 0. The summed E-state index contributed by atoms with van der Waals surface area (Å²) in [6, 6.07) is 21.8. The van der Waals surface area contributed by atoms with Crippen LogP contribution in [0.1, 0.15) is 17.3 Å². The molecule has 2 N–H and O–H groups in total. The van der Waals surface area contributed by atoms with Gasteiger partial charge in [-0.1, -0.05) is 30.3 Å². The van der Waals surface area contributed by atoms with E-state index >= 15 is 0 Å². The second kappa shape index (κ2) is 10.5. The lowest BCUT2D eigenvalue weighted by molar-refractivity contribution is -0.128. The molecule has 1 atom stereocenters. The maximum absolute atomic E-state index is 13.1. The Bertz CT molecular complexity index is 1320. The molecule has 2 amide bonds. The molecule has 4 aromatic rings. The van der Waals surface area contributed by atoms with E-state index in [0.717, 1.165) is 5.69 Å². The average Bonchev–Trinajstić information content (AvgIpc) is 3.34. The molecule has 0 fully saturated rings. The number of ether oxygens (including phenoxy) is 2. The summed E-state index contributed by atoms with van der Waals surface area (Å²) in [5.74, 6) is -0.704. The highest BCUT2D eigenvalue weighted by molar-refractivity contribution is 6.01. The molecule has 0 radical (unpaired) electrons. The van der Waals surface area contributed by atoms with E-state index in [1.54, 1.807) is 23.0 Å². The second-order valence-corrected chi connectivity index (χ2v) is 7.53. The smallest absolute Gasteiger partial charge is 0.279 e. The first-order chi connectivity index (χ1) is 17.0. The van der Waals surface area contributed by atoms with Crippen LogP contribution in [0.25, 0.3) is 16.9 Å². The van der Waals surface area contributed by atoms with Gasteiger partial charge in [0, 0.05) is 11.8 Å². The van der Waals surface area contributed by atoms with E-state index in [0.29, 0.717) is 22.8 Å². The number of para-hydroxylation sites is 2. The van der Waals surface area contributed by atoms with Crippen molar-refractivity contribution in [3.05, 3.63) is 96.4 Å². The molecule has 178 valence electrons. The predicted octanol–water partition coefficient (Wildman–Crippen LogP) is 3.92. The van der Waals surface area contributed by atoms with Crippen molar-refractivity contribution in [2.24, 2.45) is 0 Å². The zero-order valence-corrected chi connectivity index (χ0v) is 19.1. The zero-order valence-electron chi connectivity index (χ0n) is 19.1. The van der Waals surface area contributed by atoms with E-state index in [1.165, 1.54) is 38.3 Å². The average molecular weight is 474 g/mol. The van der Waals surface area contributed by atoms with Crippen molar-refractivity contribution in [3.63, 3.8) is 0 Å². The van der Waals surface area contributed by atoms with Crippen molar-refractivity contribution >= 4 is 11.8 Å². The fourth-order valence-corrected chi connectivity index (χ4v) is 3.35. The first-order valence-corrected chi connectivity index (χ1v) is 10.8. The summed E-state index contributed by atoms with van der Waals surface area (Å²) in [5.41, 5.74) is 6.76. The Hall–Kier alpha value is -4.66. The molecular weight excluding hydrogens is 451 g/mol. The molecule has 9 heteroatoms. The lowest BCUT2D eigenvalue weighted by atomic mass is 10.1. The maximum atomic E-state index is 13.1. The molecule has 35 heavy (non-hydrogen) atoms. The molecule has 1 heterocycles. The molecule has 0 spiro atoms. The normalized spacial score (nSPS) is 11.4. The summed E-state index contributed by atoms with van der Waals surface area (Å²) < 4.78 is 25.6. The Balaban J connectivity index is 1.54. The van der Waals surface area contributed by atoms with E-state index < -0.39 is 23.7 Å². The summed E-state index contributed by atoms with van der Waals surface area (Å²) in [6.45, 7) is 1.51. The molecule has 3 aromatic carbocycles. The SMILES string of the molecule is COc1ccccc1-c1nn(-c2ccccc2)cc1C(=O)NNC(=O)C(C)Oc1ccc(F)cc1. The van der Waals surface area contributed by atoms with Crippen molar-refractivity contribution < 1.29 is 23.5 Å². The van der Waals surface area contributed by atoms with Gasteiger partial charge in [0.15, 0.2) is 6.10 Å². The van der Waals surface area contributed by atoms with E-state index in [9.17, 15) is 14.0 Å². The Labute approximate surface area is 201 Å². The van der Waals surface area contributed by atoms with Crippen LogP contribution in [0.15, 0.2) is 85.1 Å². The Morgan fingerprint density at radius 1 is 0.943 bits per heavy atom. The Morgan fingerprint density at radius 3 is 2.34 bits per heavy atom. The summed E-state index contributed by atoms with van der Waals surface area (Å²) in [7, 11) is 1.54. The first-order valence-electron chi connectivity index (χ1n) is 10.8. The summed E-state index contributed by atoms with van der Waals surface area (Å²) in [5, 5.41) is 4.61. The van der Waals surface area contributed by atoms with Gasteiger partial charge in [0.1, 0.15) is 23.0 Å². The van der Waals surface area contributed by atoms with E-state index in [1.807, 2.05) is 42.5 Å². The van der Waals surface area contributed by atoms with Crippen LogP contribution in [-0.2, 0) is 4.79 Å². The number of carbonyl (C=O) groups excluding carboxylic acids is 2. The van der Waals surface area contributed by atoms with Gasteiger partial charge in [-0.05, 0) is 55.5 Å². The zero-order chi connectivity index (χ0) is 24.8. The number of methoxy groups -OCH3 is 1. The topological polar surface area (TPSA) is 94.5 Å². The predicted molar refractivity (Wildman–Crippen MR) is 128 cm³/mol. The van der Waals surface area contributed by atoms with Crippen LogP contribution in [0.3, 0.4) is 0 Å². The third-order valence-electron chi connectivity index (χ3n) is 5.14. The molecule has 0 aliphatic rings. The highest BCUT2D eigenvalue weighted by Gasteiger charge is 2.22. The summed E-state index contributed by atoms with van der Waals surface area (Å²) in [6.07, 6.45) is 0.637. The van der Waals surface area contributed by atoms with Crippen LogP contribution < -0.4 is 20.3 Å². The van der Waals surface area contributed by atoms with Gasteiger partial charge < -0.3 is 9.47 Å². The molecule has 0 saturated heterocycles. The number of aromatic nitrogens is 2. The van der Waals surface area contributed by atoms with Crippen LogP contribution >= 0.6 is 0 Å². The number of rotatable bonds is 7. The number of carbonyl (C=O) groups is 2. The van der Waals surface area contributed by atoms with Gasteiger partial charge in [-0.3, -0.25) is 20.4 Å². The quantitative estimate of drug-likeness (QED) is 0.396. The van der Waals surface area contributed by atoms with Crippen molar-refractivity contribution in [2.75, 3.05) is 7.11 Å². The number of hydrogen-bond acceptors (Lipinski definition) is 5. The molecule has 1 unspecified atom stereocenters. The Kier molecular flexibility index (Phi) is 7.06. The number of halogens is 1. The summed E-state index contributed by atoms with van der Waals surface area (Å²) in [4.78, 5) is 25.6. The lowest BCUT2D eigenvalue weighted by Gasteiger charge is -2.15. The van der Waals surface area contributed by atoms with Gasteiger partial charge in [0.2, 0.25) is 0 Å². The number of nitrogens with zero attached hydrogens (tertiary/aromatic N) is 2. The van der Waals surface area contributed by atoms with Crippen molar-refractivity contribution in [3.8, 4) is 28.4 Å². The van der Waals surface area contributed by atoms with E-state index in [4.69, 9.17) is 9.47 Å². The molecule has 8 nitrogen and oxygen atoms in total. The fraction of sp³-hybridized carbons (Fsp3) is 0.115. The third-order valence-corrected chi connectivity index (χ3v) is 5.14. The van der Waals surface area contributed by atoms with Gasteiger partial charge in [-0.25, -0.2) is 9.07 Å². The van der Waals surface area contributed by atoms with Crippen LogP contribution in [0.4, 0.5) is 4.39 Å². The van der Waals surface area contributed by atoms with Gasteiger partial charge in [-0.2, -0.15) is 5.10 Å². The monoisotopic (exact) mass is 474 g/mol. The molecular formula is C26H23FN4O4. The minimum Gasteiger partial charge on any atom is -0.496 e. The number of hydrogen-bond donors (Lipinski definition) is 2. The van der Waals surface area contributed by atoms with Crippen molar-refractivity contribution in [1.29, 1.82) is 0 Å². The van der Waals surface area contributed by atoms with Gasteiger partial charge in [-0.15, -0.1) is 0 Å². The standard InChI is InChI=1S/C26H23FN4O4/c1-17(35-20-14-12-18(27)13-15-20)25(32)28-29-26(33)22-16-31(19-8-4-3-5-9-19)30-24(22)21-10-6-7-11-23(21)34-2/h3-17H,1-2H3,(H,28,32)(H,29,33). The minimum absolute atomic E-state index is 0.228. The van der Waals surface area contributed by atoms with Crippen molar-refractivity contribution in [2.45, 2.75) is 13.0 Å². The van der Waals surface area contributed by atoms with Crippen LogP contribution in [0.2, 0.25) is 0 Å². The van der Waals surface area contributed by atoms with Crippen LogP contribution in [0, 0.1) is 5.82 Å². The largest absolute Gasteiger partial charge is 0.496 e. The van der Waals surface area contributed by atoms with E-state index in [2.05, 4.69) is 16.0 Å². The molecule has 0 saturated carbocycles. The molecule has 4 rings (SSSR count). The number of nitrogens with one attached hydrogen (secondary N) is 2. The maximum Gasteiger partial charge on any atom is 0.279 e. The molecule has 0 aliphatic heterocycles. The highest BCUT2D eigenvalue weighted by atomic mass is 19.1. The second-order valence-electron chi connectivity index (χ2n) is 7.53. The van der Waals surface area contributed by atoms with Gasteiger partial charge in [0.25, 0.3) is 11.8 Å². The third kappa shape index (κ3) is 5.47. The van der Waals surface area contributed by atoms with Gasteiger partial charge in [0.05, 0.1) is 18.4 Å². The minimum atomic E-state index is -0.943. The Morgan fingerprint density at radius 2 is 1.63 bits per heavy atom. The van der Waals surface area contributed by atoms with Crippen LogP contribution in [-0.4, -0.2) is 34.8 Å². The van der Waals surface area contributed by atoms with Crippen LogP contribution in [0.5, 0.6) is 11.5 Å². The lowest BCUT2D eigenvalue weighted by Crippen LogP contribution is -2.47. The fourth-order valence-electron chi connectivity index (χ4n) is 3.35. The van der Waals surface area contributed by atoms with E-state index in [-0.39, 0.29) is 5.56 Å². The number of amides is 2. The number of benzene rings is 3. The first kappa shape index (κ1) is 23.5. The molecule has 1 aromatic heterocycles.